The van der Waals surface area contributed by atoms with Gasteiger partial charge in [0.2, 0.25) is 23.6 Å². The lowest BCUT2D eigenvalue weighted by Gasteiger charge is -2.23. The molecule has 6 aromatic heterocycles. The summed E-state index contributed by atoms with van der Waals surface area (Å²) in [6.07, 6.45) is 23.6. The number of para-hydroxylation sites is 2. The van der Waals surface area contributed by atoms with Gasteiger partial charge in [-0.15, -0.1) is 0 Å². The van der Waals surface area contributed by atoms with Gasteiger partial charge in [0.05, 0.1) is 45.6 Å². The fraction of sp³-hybridized carbons (Fsp3) is 0.197. The summed E-state index contributed by atoms with van der Waals surface area (Å²) in [5.74, 6) is 2.17. The van der Waals surface area contributed by atoms with Gasteiger partial charge in [-0.05, 0) is 354 Å². The van der Waals surface area contributed by atoms with E-state index >= 15 is 0 Å². The van der Waals surface area contributed by atoms with Crippen LogP contribution in [0.4, 0.5) is 34.1 Å². The Balaban J connectivity index is 0.000000275. The number of rotatable bonds is 22. The number of amides is 8. The maximum Gasteiger partial charge on any atom is 0.251 e. The Labute approximate surface area is 857 Å². The summed E-state index contributed by atoms with van der Waals surface area (Å²) >= 11 is 0. The summed E-state index contributed by atoms with van der Waals surface area (Å²) in [6, 6.07) is 92.6. The number of H-pyrrole nitrogens is 4. The van der Waals surface area contributed by atoms with Crippen LogP contribution in [0.15, 0.2) is 315 Å². The summed E-state index contributed by atoms with van der Waals surface area (Å²) < 4.78 is 0. The van der Waals surface area contributed by atoms with Crippen molar-refractivity contribution in [1.29, 1.82) is 0 Å². The number of aromatic amines is 4. The van der Waals surface area contributed by atoms with E-state index in [1.54, 1.807) is 100 Å². The number of hydrogen-bond donors (Lipinski definition) is 12. The van der Waals surface area contributed by atoms with Crippen molar-refractivity contribution in [1.82, 2.24) is 61.1 Å². The van der Waals surface area contributed by atoms with Gasteiger partial charge in [-0.2, -0.15) is 0 Å². The molecule has 26 nitrogen and oxygen atoms in total. The Kier molecular flexibility index (Phi) is 28.8. The van der Waals surface area contributed by atoms with E-state index < -0.39 is 24.2 Å². The summed E-state index contributed by atoms with van der Waals surface area (Å²) in [6.45, 7) is 15.5. The molecule has 16 bridgehead atoms. The van der Waals surface area contributed by atoms with Crippen molar-refractivity contribution in [3.05, 3.63) is 383 Å². The van der Waals surface area contributed by atoms with Gasteiger partial charge in [0.1, 0.15) is 24.2 Å². The number of anilines is 6. The molecule has 8 aromatic carbocycles. The molecule has 22 rings (SSSR count). The Morgan fingerprint density at radius 2 is 0.554 bits per heavy atom. The van der Waals surface area contributed by atoms with Crippen LogP contribution in [0.2, 0.25) is 0 Å². The first kappa shape index (κ1) is 97.5. The number of aromatic nitrogens is 8. The monoisotopic (exact) mass is 1960 g/mol. The summed E-state index contributed by atoms with van der Waals surface area (Å²) in [5.41, 5.74) is 24.6. The topological polar surface area (TPSA) is 354 Å². The quantitative estimate of drug-likeness (QED) is 0.0281. The van der Waals surface area contributed by atoms with Crippen LogP contribution in [0.1, 0.15) is 141 Å². The van der Waals surface area contributed by atoms with Crippen molar-refractivity contribution in [2.45, 2.75) is 78.6 Å². The van der Waals surface area contributed by atoms with Crippen molar-refractivity contribution in [2.75, 3.05) is 57.2 Å². The highest BCUT2D eigenvalue weighted by Gasteiger charge is 2.48. The maximum atomic E-state index is 13.7. The predicted octanol–water partition coefficient (Wildman–Crippen LogP) is 22.0. The molecule has 12 N–H and O–H groups in total. The van der Waals surface area contributed by atoms with Crippen molar-refractivity contribution < 1.29 is 38.4 Å². The number of carbonyl (C=O) groups excluding carboxylic acids is 8. The SMILES string of the molecule is C[C@H](NC(=O)c1ccc(N2C[C@@H]3[C@H](C2)[C@H](C)C[C@@H]3/C=C/[C@@H]2C[C@H](C)[C@@H]3CN(c4ccc(C(=O)N[C@@H](C)C(=O)Nc5ccc(-c6c7nc(cc8ccc(cc9nc(cc%10ccc6[nH]%10)C=C9)[nH]8)C=C7)cc5)cc4)C[C@@H]32)cc1)C(=O)Nc1ccc(-c2c3nc(cc4ccc(cc5nc(cc6ccc2[nH]6)C=C5)[nH]4)C=C3)cc1.C[C@H](NC(=O)c1ccccc1)C(=O)Nc1ccccc1.C[C@H](NC(=O)c1ccccc1)C(=O)Nc1ccccc1. The van der Waals surface area contributed by atoms with Crippen LogP contribution in [0, 0.1) is 47.3 Å². The second kappa shape index (κ2) is 43.7. The summed E-state index contributed by atoms with van der Waals surface area (Å²) in [4.78, 5) is 141. The summed E-state index contributed by atoms with van der Waals surface area (Å²) in [5, 5.41) is 22.7. The predicted molar refractivity (Wildman–Crippen MR) is 592 cm³/mol. The molecular formula is C122H114N18O8. The highest BCUT2D eigenvalue weighted by Crippen LogP contribution is 2.51. The molecule has 4 fully saturated rings. The molecule has 740 valence electrons. The lowest BCUT2D eigenvalue weighted by atomic mass is 9.87. The zero-order chi connectivity index (χ0) is 102. The minimum atomic E-state index is -0.799. The highest BCUT2D eigenvalue weighted by molar-refractivity contribution is 6.05. The number of carbonyl (C=O) groups is 8. The molecule has 26 heteroatoms. The molecule has 8 aliphatic rings. The molecule has 148 heavy (non-hydrogen) atoms. The summed E-state index contributed by atoms with van der Waals surface area (Å²) in [7, 11) is 0. The van der Waals surface area contributed by atoms with Crippen LogP contribution in [0.5, 0.6) is 0 Å². The van der Waals surface area contributed by atoms with Gasteiger partial charge in [0.15, 0.2) is 0 Å². The molecule has 6 aliphatic heterocycles. The van der Waals surface area contributed by atoms with Gasteiger partial charge in [-0.1, -0.05) is 123 Å². The average molecular weight is 1960 g/mol. The zero-order valence-electron chi connectivity index (χ0n) is 82.8. The first-order chi connectivity index (χ1) is 71.9. The number of allylic oxidation sites excluding steroid dienone is 2. The standard InChI is InChI=1S/C90H82N14O4.2C16H16N2O2/c1-51-39-59(79-49-103(47-77(51)79)75-31-11-57(12-32-75)89(107)91-53(3)87(105)101-61-15-7-55(8-16-61)85-81-35-27-71(97-81)43-67-23-19-63(93-67)41-64-20-24-68(94-64)44-72-28-36-82(85)98-72)5-6-60-40-52(2)78-48-104(50-80(60)78)76-33-13-58(14-34-76)90(108)92-54(4)88(106)102-62-17-9-56(10-18-62)86-83-37-29-73(99-83)45-69-25-21-65(95-69)42-66-22-26-70(96-66)46-74-30-38-84(86)100-74;2*1-12(15(19)18-14-10-6-3-7-11-14)17-16(20)13-8-4-2-5-9-13/h5-38,41-46,51-54,59-60,77-80,93,95,98,100H,39-40,47-50H2,1-4H3,(H,91,107)(H,92,108)(H,101,105)(H,102,106);2*2-12H,1H3,(H,17,20)(H,18,19)/b6-5+,63-41?,64-41?,65-42?,66-42?,67-43?,68-44?,69-45?,70-46?,71-43?,72-44?,73-45?,74-46?,85-81?,85-82?,86-83?,86-84?;;/t51-,52+,53-,54-,59+,60-,77-,78+,79+,80-;2*12-/m000/s1. The smallest absolute Gasteiger partial charge is 0.251 e. The molecule has 0 spiro atoms. The van der Waals surface area contributed by atoms with Gasteiger partial charge in [-0.3, -0.25) is 38.4 Å². The third kappa shape index (κ3) is 23.1. The number of nitrogens with one attached hydrogen (secondary N) is 12. The fourth-order valence-electron chi connectivity index (χ4n) is 20.8. The fourth-order valence-corrected chi connectivity index (χ4v) is 20.8. The van der Waals surface area contributed by atoms with E-state index in [2.05, 4.69) is 110 Å². The van der Waals surface area contributed by atoms with E-state index in [9.17, 15) is 38.4 Å². The van der Waals surface area contributed by atoms with E-state index in [1.165, 1.54) is 12.8 Å². The molecule has 2 saturated heterocycles. The zero-order valence-corrected chi connectivity index (χ0v) is 82.8. The highest BCUT2D eigenvalue weighted by atomic mass is 16.2. The largest absolute Gasteiger partial charge is 0.371 e. The third-order valence-corrected chi connectivity index (χ3v) is 28.7. The molecule has 2 saturated carbocycles. The van der Waals surface area contributed by atoms with Crippen LogP contribution in [-0.2, 0) is 19.2 Å². The van der Waals surface area contributed by atoms with Crippen LogP contribution in [-0.4, -0.2) is 137 Å². The Hall–Kier alpha value is -17.9. The van der Waals surface area contributed by atoms with E-state index in [0.717, 1.165) is 149 Å². The van der Waals surface area contributed by atoms with Gasteiger partial charge >= 0.3 is 0 Å². The van der Waals surface area contributed by atoms with Crippen molar-refractivity contribution in [3.8, 4) is 22.3 Å². The van der Waals surface area contributed by atoms with Gasteiger partial charge < -0.3 is 72.3 Å². The van der Waals surface area contributed by atoms with Gasteiger partial charge in [0.25, 0.3) is 23.6 Å². The second-order valence-corrected chi connectivity index (χ2v) is 39.2. The van der Waals surface area contributed by atoms with Gasteiger partial charge in [0, 0.05) is 138 Å². The minimum absolute atomic E-state index is 0.250. The maximum absolute atomic E-state index is 13.7. The first-order valence-corrected chi connectivity index (χ1v) is 50.4. The Bertz CT molecular complexity index is 7430. The number of benzene rings is 8. The second-order valence-electron chi connectivity index (χ2n) is 39.2. The van der Waals surface area contributed by atoms with E-state index in [0.29, 0.717) is 92.3 Å². The van der Waals surface area contributed by atoms with Crippen LogP contribution >= 0.6 is 0 Å². The van der Waals surface area contributed by atoms with Gasteiger partial charge in [-0.25, -0.2) is 19.9 Å². The lowest BCUT2D eigenvalue weighted by Crippen LogP contribution is -2.41. The Morgan fingerprint density at radius 3 is 0.872 bits per heavy atom. The lowest BCUT2D eigenvalue weighted by molar-refractivity contribution is -0.118. The molecule has 2 aliphatic carbocycles. The van der Waals surface area contributed by atoms with E-state index in [1.807, 2.05) is 267 Å². The molecule has 12 atom stereocenters. The van der Waals surface area contributed by atoms with Crippen molar-refractivity contribution in [2.24, 2.45) is 47.3 Å². The van der Waals surface area contributed by atoms with Crippen molar-refractivity contribution in [3.63, 3.8) is 0 Å². The minimum Gasteiger partial charge on any atom is -0.371 e. The molecule has 8 amide bonds. The molecule has 14 aromatic rings. The van der Waals surface area contributed by atoms with Crippen molar-refractivity contribution >= 4 is 174 Å². The number of nitrogens with zero attached hydrogens (tertiary/aromatic N) is 6. The molecule has 12 heterocycles. The van der Waals surface area contributed by atoms with Crippen LogP contribution < -0.4 is 52.3 Å². The normalized spacial score (nSPS) is 18.3. The van der Waals surface area contributed by atoms with Crippen LogP contribution in [0.3, 0.4) is 0 Å². The first-order valence-electron chi connectivity index (χ1n) is 50.4. The number of fused-ring (bicyclic) bond motifs is 18. The Morgan fingerprint density at radius 1 is 0.291 bits per heavy atom. The van der Waals surface area contributed by atoms with E-state index in [-0.39, 0.29) is 47.3 Å². The average Bonchev–Trinajstić information content (AvgIpc) is 1.62. The third-order valence-electron chi connectivity index (χ3n) is 28.7. The molecule has 0 unspecified atom stereocenters. The molecular weight excluding hydrogens is 1850 g/mol. The van der Waals surface area contributed by atoms with E-state index in [4.69, 9.17) is 19.9 Å². The van der Waals surface area contributed by atoms with Crippen LogP contribution in [0.25, 0.3) is 115 Å². The molecule has 0 radical (unpaired) electrons. The number of hydrogen-bond acceptors (Lipinski definition) is 14.